The smallest absolute Gasteiger partial charge is 0.233 e. The minimum absolute atomic E-state index is 0.0902. The minimum Gasteiger partial charge on any atom is -0.380 e. The van der Waals surface area contributed by atoms with Gasteiger partial charge in [-0.3, -0.25) is 4.79 Å². The zero-order valence-corrected chi connectivity index (χ0v) is 11.3. The summed E-state index contributed by atoms with van der Waals surface area (Å²) in [6.45, 7) is 5.50. The number of rotatable bonds is 7. The van der Waals surface area contributed by atoms with Crippen LogP contribution in [0.3, 0.4) is 0 Å². The van der Waals surface area contributed by atoms with Crippen molar-refractivity contribution in [1.82, 2.24) is 10.6 Å². The van der Waals surface area contributed by atoms with Gasteiger partial charge in [0.25, 0.3) is 0 Å². The molecule has 1 aliphatic carbocycles. The van der Waals surface area contributed by atoms with Crippen molar-refractivity contribution in [3.63, 3.8) is 0 Å². The third kappa shape index (κ3) is 5.50. The van der Waals surface area contributed by atoms with Crippen molar-refractivity contribution in [2.75, 3.05) is 20.2 Å². The molecule has 17 heavy (non-hydrogen) atoms. The van der Waals surface area contributed by atoms with E-state index in [1.165, 1.54) is 6.42 Å². The van der Waals surface area contributed by atoms with E-state index < -0.39 is 0 Å². The third-order valence-corrected chi connectivity index (χ3v) is 3.32. The summed E-state index contributed by atoms with van der Waals surface area (Å²) >= 11 is 0. The first kappa shape index (κ1) is 14.5. The first-order chi connectivity index (χ1) is 8.13. The number of amides is 1. The predicted molar refractivity (Wildman–Crippen MR) is 68.9 cm³/mol. The highest BCUT2D eigenvalue weighted by molar-refractivity contribution is 5.77. The highest BCUT2D eigenvalue weighted by Gasteiger charge is 2.26. The summed E-state index contributed by atoms with van der Waals surface area (Å²) in [5.41, 5.74) is 0. The van der Waals surface area contributed by atoms with E-state index in [9.17, 15) is 4.79 Å². The Labute approximate surface area is 104 Å². The maximum absolute atomic E-state index is 11.6. The summed E-state index contributed by atoms with van der Waals surface area (Å²) in [7, 11) is 1.74. The van der Waals surface area contributed by atoms with Crippen LogP contribution in [0.25, 0.3) is 0 Å². The fourth-order valence-electron chi connectivity index (χ4n) is 2.23. The van der Waals surface area contributed by atoms with Crippen LogP contribution in [0.15, 0.2) is 0 Å². The van der Waals surface area contributed by atoms with Gasteiger partial charge in [0.1, 0.15) is 0 Å². The van der Waals surface area contributed by atoms with Gasteiger partial charge >= 0.3 is 0 Å². The highest BCUT2D eigenvalue weighted by atomic mass is 16.5. The molecule has 4 heteroatoms. The standard InChI is InChI=1S/C13H26N2O2/c1-10(2)7-8-14-13(16)9-15-11-5-4-6-12(11)17-3/h10-12,15H,4-9H2,1-3H3,(H,14,16). The Morgan fingerprint density at radius 1 is 1.41 bits per heavy atom. The Kier molecular flexibility index (Phi) is 6.52. The van der Waals surface area contributed by atoms with E-state index in [-0.39, 0.29) is 12.0 Å². The minimum atomic E-state index is 0.0902. The molecule has 1 saturated carbocycles. The molecule has 0 bridgehead atoms. The zero-order chi connectivity index (χ0) is 12.7. The second kappa shape index (κ2) is 7.67. The molecule has 100 valence electrons. The number of nitrogens with one attached hydrogen (secondary N) is 2. The Morgan fingerprint density at radius 3 is 2.82 bits per heavy atom. The first-order valence-corrected chi connectivity index (χ1v) is 6.66. The van der Waals surface area contributed by atoms with Gasteiger partial charge in [-0.25, -0.2) is 0 Å². The van der Waals surface area contributed by atoms with Gasteiger partial charge in [0.05, 0.1) is 12.6 Å². The van der Waals surface area contributed by atoms with Crippen LogP contribution in [0.4, 0.5) is 0 Å². The number of methoxy groups -OCH3 is 1. The van der Waals surface area contributed by atoms with Crippen LogP contribution >= 0.6 is 0 Å². The Bertz CT molecular complexity index is 231. The molecule has 2 N–H and O–H groups in total. The summed E-state index contributed by atoms with van der Waals surface area (Å²) in [6.07, 6.45) is 4.71. The van der Waals surface area contributed by atoms with Gasteiger partial charge < -0.3 is 15.4 Å². The van der Waals surface area contributed by atoms with Gasteiger partial charge in [-0.1, -0.05) is 13.8 Å². The largest absolute Gasteiger partial charge is 0.380 e. The molecular formula is C13H26N2O2. The number of carbonyl (C=O) groups excluding carboxylic acids is 1. The van der Waals surface area contributed by atoms with E-state index in [2.05, 4.69) is 24.5 Å². The lowest BCUT2D eigenvalue weighted by Gasteiger charge is -2.19. The first-order valence-electron chi connectivity index (χ1n) is 6.66. The SMILES string of the molecule is COC1CCCC1NCC(=O)NCCC(C)C. The van der Waals surface area contributed by atoms with Crippen molar-refractivity contribution < 1.29 is 9.53 Å². The molecule has 0 aromatic carbocycles. The van der Waals surface area contributed by atoms with Gasteiger partial charge in [-0.2, -0.15) is 0 Å². The van der Waals surface area contributed by atoms with Crippen LogP contribution in [0, 0.1) is 5.92 Å². The average molecular weight is 242 g/mol. The Hall–Kier alpha value is -0.610. The number of hydrogen-bond donors (Lipinski definition) is 2. The van der Waals surface area contributed by atoms with Crippen molar-refractivity contribution in [3.8, 4) is 0 Å². The Morgan fingerprint density at radius 2 is 2.18 bits per heavy atom. The van der Waals surface area contributed by atoms with Crippen LogP contribution < -0.4 is 10.6 Å². The molecule has 0 radical (unpaired) electrons. The van der Waals surface area contributed by atoms with E-state index in [0.29, 0.717) is 18.5 Å². The normalized spacial score (nSPS) is 24.2. The second-order valence-electron chi connectivity index (χ2n) is 5.22. The quantitative estimate of drug-likeness (QED) is 0.707. The molecule has 1 aliphatic rings. The Balaban J connectivity index is 2.10. The van der Waals surface area contributed by atoms with Gasteiger partial charge in [0.15, 0.2) is 0 Å². The lowest BCUT2D eigenvalue weighted by molar-refractivity contribution is -0.120. The van der Waals surface area contributed by atoms with E-state index in [0.717, 1.165) is 25.8 Å². The van der Waals surface area contributed by atoms with Crippen LogP contribution in [-0.4, -0.2) is 38.3 Å². The molecule has 1 amide bonds. The molecule has 0 saturated heterocycles. The van der Waals surface area contributed by atoms with Gasteiger partial charge in [0.2, 0.25) is 5.91 Å². The second-order valence-corrected chi connectivity index (χ2v) is 5.22. The van der Waals surface area contributed by atoms with Gasteiger partial charge in [0, 0.05) is 19.7 Å². The van der Waals surface area contributed by atoms with Crippen LogP contribution in [-0.2, 0) is 9.53 Å². The van der Waals surface area contributed by atoms with E-state index in [1.54, 1.807) is 7.11 Å². The van der Waals surface area contributed by atoms with E-state index in [1.807, 2.05) is 0 Å². The summed E-state index contributed by atoms with van der Waals surface area (Å²) < 4.78 is 5.37. The van der Waals surface area contributed by atoms with Crippen molar-refractivity contribution in [2.24, 2.45) is 5.92 Å². The zero-order valence-electron chi connectivity index (χ0n) is 11.3. The number of ether oxygens (including phenoxy) is 1. The van der Waals surface area contributed by atoms with Crippen molar-refractivity contribution >= 4 is 5.91 Å². The maximum Gasteiger partial charge on any atom is 0.233 e. The lowest BCUT2D eigenvalue weighted by Crippen LogP contribution is -2.43. The lowest BCUT2D eigenvalue weighted by atomic mass is 10.1. The molecule has 0 spiro atoms. The third-order valence-electron chi connectivity index (χ3n) is 3.32. The molecule has 2 unspecified atom stereocenters. The molecule has 1 rings (SSSR count). The highest BCUT2D eigenvalue weighted by Crippen LogP contribution is 2.21. The van der Waals surface area contributed by atoms with Crippen molar-refractivity contribution in [2.45, 2.75) is 51.7 Å². The van der Waals surface area contributed by atoms with E-state index >= 15 is 0 Å². The molecule has 2 atom stereocenters. The summed E-state index contributed by atoms with van der Waals surface area (Å²) in [5.74, 6) is 0.725. The van der Waals surface area contributed by atoms with Crippen molar-refractivity contribution in [1.29, 1.82) is 0 Å². The van der Waals surface area contributed by atoms with Gasteiger partial charge in [-0.15, -0.1) is 0 Å². The molecular weight excluding hydrogens is 216 g/mol. The van der Waals surface area contributed by atoms with Crippen LogP contribution in [0.1, 0.15) is 39.5 Å². The topological polar surface area (TPSA) is 50.4 Å². The average Bonchev–Trinajstić information content (AvgIpc) is 2.73. The van der Waals surface area contributed by atoms with E-state index in [4.69, 9.17) is 4.74 Å². The van der Waals surface area contributed by atoms with Gasteiger partial charge in [-0.05, 0) is 31.6 Å². The molecule has 4 nitrogen and oxygen atoms in total. The fourth-order valence-corrected chi connectivity index (χ4v) is 2.23. The number of carbonyl (C=O) groups is 1. The van der Waals surface area contributed by atoms with Crippen molar-refractivity contribution in [3.05, 3.63) is 0 Å². The predicted octanol–water partition coefficient (Wildman–Crippen LogP) is 1.31. The summed E-state index contributed by atoms with van der Waals surface area (Å²) in [6, 6.07) is 0.343. The van der Waals surface area contributed by atoms with Crippen LogP contribution in [0.5, 0.6) is 0 Å². The summed E-state index contributed by atoms with van der Waals surface area (Å²) in [4.78, 5) is 11.6. The number of hydrogen-bond acceptors (Lipinski definition) is 3. The molecule has 0 aliphatic heterocycles. The molecule has 0 heterocycles. The monoisotopic (exact) mass is 242 g/mol. The summed E-state index contributed by atoms with van der Waals surface area (Å²) in [5, 5.41) is 6.21. The molecule has 1 fully saturated rings. The molecule has 0 aromatic heterocycles. The van der Waals surface area contributed by atoms with Crippen LogP contribution in [0.2, 0.25) is 0 Å². The maximum atomic E-state index is 11.6. The molecule has 0 aromatic rings. The fraction of sp³-hybridized carbons (Fsp3) is 0.923.